The molecule has 0 atom stereocenters. The van der Waals surface area contributed by atoms with Crippen LogP contribution >= 0.6 is 15.9 Å². The number of fused-ring (bicyclic) bond motifs is 1. The van der Waals surface area contributed by atoms with E-state index in [-0.39, 0.29) is 17.3 Å². The number of halogens is 1. The Labute approximate surface area is 133 Å². The number of nitrogens with zero attached hydrogens (tertiary/aromatic N) is 1. The molecule has 1 amide bonds. The lowest BCUT2D eigenvalue weighted by Gasteiger charge is -2.20. The Bertz CT molecular complexity index is 686. The van der Waals surface area contributed by atoms with Crippen molar-refractivity contribution in [1.82, 2.24) is 4.72 Å². The molecule has 1 aliphatic rings. The van der Waals surface area contributed by atoms with Crippen molar-refractivity contribution in [3.8, 4) is 0 Å². The summed E-state index contributed by atoms with van der Waals surface area (Å²) >= 11 is 3.33. The molecular formula is C14H17BrN2O3S. The third-order valence-corrected chi connectivity index (χ3v) is 5.20. The first-order valence-corrected chi connectivity index (χ1v) is 8.91. The molecule has 1 heterocycles. The molecule has 0 saturated carbocycles. The highest BCUT2D eigenvalue weighted by atomic mass is 79.9. The van der Waals surface area contributed by atoms with Crippen LogP contribution in [-0.2, 0) is 21.2 Å². The van der Waals surface area contributed by atoms with Crippen molar-refractivity contribution in [1.29, 1.82) is 0 Å². The van der Waals surface area contributed by atoms with Crippen LogP contribution in [0.25, 0.3) is 0 Å². The van der Waals surface area contributed by atoms with E-state index < -0.39 is 10.0 Å². The molecule has 5 nitrogen and oxygen atoms in total. The first-order valence-electron chi connectivity index (χ1n) is 6.64. The molecular weight excluding hydrogens is 356 g/mol. The Morgan fingerprint density at radius 1 is 1.52 bits per heavy atom. The molecule has 0 unspecified atom stereocenters. The number of rotatable bonds is 5. The maximum absolute atomic E-state index is 12.4. The van der Waals surface area contributed by atoms with E-state index in [0.29, 0.717) is 29.5 Å². The standard InChI is InChI=1S/C14H17BrN2O3S/c1-3-6-16-21(19,20)12-9-11(15)8-10-5-7-17(14(10)12)13(18)4-2/h3,8-9,16H,1,4-7H2,2H3. The number of nitrogens with one attached hydrogen (secondary N) is 1. The number of hydrogen-bond donors (Lipinski definition) is 1. The fraction of sp³-hybridized carbons (Fsp3) is 0.357. The Balaban J connectivity index is 2.57. The van der Waals surface area contributed by atoms with E-state index in [2.05, 4.69) is 27.2 Å². The number of carbonyl (C=O) groups is 1. The second kappa shape index (κ2) is 6.29. The van der Waals surface area contributed by atoms with Crippen molar-refractivity contribution in [3.05, 3.63) is 34.8 Å². The van der Waals surface area contributed by atoms with E-state index >= 15 is 0 Å². The third-order valence-electron chi connectivity index (χ3n) is 3.30. The molecule has 114 valence electrons. The average molecular weight is 373 g/mol. The molecule has 2 rings (SSSR count). The van der Waals surface area contributed by atoms with Crippen molar-refractivity contribution in [2.45, 2.75) is 24.7 Å². The normalized spacial score (nSPS) is 14.1. The number of hydrogen-bond acceptors (Lipinski definition) is 3. The number of amides is 1. The molecule has 0 aliphatic carbocycles. The highest BCUT2D eigenvalue weighted by molar-refractivity contribution is 9.10. The number of benzene rings is 1. The van der Waals surface area contributed by atoms with Gasteiger partial charge in [-0.05, 0) is 24.1 Å². The van der Waals surface area contributed by atoms with Gasteiger partial charge >= 0.3 is 0 Å². The van der Waals surface area contributed by atoms with Crippen molar-refractivity contribution in [2.75, 3.05) is 18.0 Å². The molecule has 7 heteroatoms. The van der Waals surface area contributed by atoms with E-state index in [4.69, 9.17) is 0 Å². The Hall–Kier alpha value is -1.18. The Kier molecular flexibility index (Phi) is 4.85. The van der Waals surface area contributed by atoms with Gasteiger partial charge in [-0.25, -0.2) is 13.1 Å². The zero-order valence-electron chi connectivity index (χ0n) is 11.7. The Morgan fingerprint density at radius 2 is 2.24 bits per heavy atom. The predicted molar refractivity (Wildman–Crippen MR) is 85.9 cm³/mol. The van der Waals surface area contributed by atoms with Crippen molar-refractivity contribution >= 4 is 37.5 Å². The smallest absolute Gasteiger partial charge is 0.242 e. The second-order valence-electron chi connectivity index (χ2n) is 4.70. The maximum atomic E-state index is 12.4. The minimum atomic E-state index is -3.69. The van der Waals surface area contributed by atoms with E-state index in [9.17, 15) is 13.2 Å². The molecule has 1 aliphatic heterocycles. The van der Waals surface area contributed by atoms with Gasteiger partial charge in [0.15, 0.2) is 0 Å². The summed E-state index contributed by atoms with van der Waals surface area (Å²) in [5.74, 6) is -0.0729. The van der Waals surface area contributed by atoms with Crippen molar-refractivity contribution in [2.24, 2.45) is 0 Å². The van der Waals surface area contributed by atoms with Crippen LogP contribution in [0.15, 0.2) is 34.2 Å². The van der Waals surface area contributed by atoms with Gasteiger partial charge in [-0.15, -0.1) is 6.58 Å². The van der Waals surface area contributed by atoms with Crippen LogP contribution in [-0.4, -0.2) is 27.4 Å². The first kappa shape index (κ1) is 16.2. The lowest BCUT2D eigenvalue weighted by Crippen LogP contribution is -2.31. The van der Waals surface area contributed by atoms with Gasteiger partial charge in [-0.1, -0.05) is 28.9 Å². The highest BCUT2D eigenvalue weighted by Crippen LogP contribution is 2.37. The van der Waals surface area contributed by atoms with E-state index in [1.54, 1.807) is 11.8 Å². The Morgan fingerprint density at radius 3 is 2.86 bits per heavy atom. The summed E-state index contributed by atoms with van der Waals surface area (Å²) in [5, 5.41) is 0. The average Bonchev–Trinajstić information content (AvgIpc) is 2.86. The lowest BCUT2D eigenvalue weighted by atomic mass is 10.2. The van der Waals surface area contributed by atoms with E-state index in [0.717, 1.165) is 5.56 Å². The van der Waals surface area contributed by atoms with E-state index in [1.165, 1.54) is 12.1 Å². The summed E-state index contributed by atoms with van der Waals surface area (Å²) < 4.78 is 28.0. The minimum absolute atomic E-state index is 0.0729. The monoisotopic (exact) mass is 372 g/mol. The predicted octanol–water partition coefficient (Wildman–Crippen LogP) is 2.21. The number of carbonyl (C=O) groups excluding carboxylic acids is 1. The molecule has 1 aromatic carbocycles. The SMILES string of the molecule is C=CCNS(=O)(=O)c1cc(Br)cc2c1N(C(=O)CC)CC2. The van der Waals surface area contributed by atoms with Crippen LogP contribution in [0.5, 0.6) is 0 Å². The fourth-order valence-corrected chi connectivity index (χ4v) is 4.29. The number of anilines is 1. The molecule has 0 aromatic heterocycles. The molecule has 0 spiro atoms. The molecule has 0 saturated heterocycles. The van der Waals surface area contributed by atoms with Gasteiger partial charge in [0.2, 0.25) is 15.9 Å². The number of sulfonamides is 1. The first-order chi connectivity index (χ1) is 9.90. The van der Waals surface area contributed by atoms with Crippen LogP contribution in [0.2, 0.25) is 0 Å². The molecule has 0 bridgehead atoms. The van der Waals surface area contributed by atoms with Gasteiger partial charge in [0.05, 0.1) is 5.69 Å². The zero-order chi connectivity index (χ0) is 15.6. The van der Waals surface area contributed by atoms with Crippen LogP contribution in [0.1, 0.15) is 18.9 Å². The summed E-state index contributed by atoms with van der Waals surface area (Å²) in [6, 6.07) is 3.40. The molecule has 1 N–H and O–H groups in total. The van der Waals surface area contributed by atoms with Gasteiger partial charge in [0.1, 0.15) is 4.90 Å². The van der Waals surface area contributed by atoms with Crippen molar-refractivity contribution in [3.63, 3.8) is 0 Å². The largest absolute Gasteiger partial charge is 0.310 e. The van der Waals surface area contributed by atoms with Crippen LogP contribution in [0, 0.1) is 0 Å². The lowest BCUT2D eigenvalue weighted by molar-refractivity contribution is -0.118. The summed E-state index contributed by atoms with van der Waals surface area (Å²) in [7, 11) is -3.69. The third kappa shape index (κ3) is 3.20. The maximum Gasteiger partial charge on any atom is 0.242 e. The molecule has 21 heavy (non-hydrogen) atoms. The minimum Gasteiger partial charge on any atom is -0.310 e. The summed E-state index contributed by atoms with van der Waals surface area (Å²) in [5.41, 5.74) is 1.37. The molecule has 0 fully saturated rings. The van der Waals surface area contributed by atoms with Crippen molar-refractivity contribution < 1.29 is 13.2 Å². The molecule has 0 radical (unpaired) electrons. The van der Waals surface area contributed by atoms with Gasteiger partial charge in [-0.3, -0.25) is 4.79 Å². The molecule has 1 aromatic rings. The summed E-state index contributed by atoms with van der Waals surface area (Å²) in [6.45, 7) is 5.93. The van der Waals surface area contributed by atoms with Crippen LogP contribution < -0.4 is 9.62 Å². The van der Waals surface area contributed by atoms with Gasteiger partial charge in [0.25, 0.3) is 0 Å². The van der Waals surface area contributed by atoms with Gasteiger partial charge in [0, 0.05) is 24.0 Å². The van der Waals surface area contributed by atoms with Crippen LogP contribution in [0.4, 0.5) is 5.69 Å². The van der Waals surface area contributed by atoms with Gasteiger partial charge < -0.3 is 4.90 Å². The highest BCUT2D eigenvalue weighted by Gasteiger charge is 2.31. The second-order valence-corrected chi connectivity index (χ2v) is 7.35. The van der Waals surface area contributed by atoms with Gasteiger partial charge in [-0.2, -0.15) is 0 Å². The summed E-state index contributed by atoms with van der Waals surface area (Å²) in [4.78, 5) is 13.7. The fourth-order valence-electron chi connectivity index (χ4n) is 2.36. The topological polar surface area (TPSA) is 66.5 Å². The summed E-state index contributed by atoms with van der Waals surface area (Å²) in [6.07, 6.45) is 2.48. The zero-order valence-corrected chi connectivity index (χ0v) is 14.1. The van der Waals surface area contributed by atoms with E-state index in [1.807, 2.05) is 6.07 Å². The quantitative estimate of drug-likeness (QED) is 0.805. The van der Waals surface area contributed by atoms with Crippen LogP contribution in [0.3, 0.4) is 0 Å².